The van der Waals surface area contributed by atoms with Crippen LogP contribution in [-0.4, -0.2) is 57.0 Å². The van der Waals surface area contributed by atoms with E-state index in [0.29, 0.717) is 13.1 Å². The number of hydrogen-bond donors (Lipinski definition) is 0. The van der Waals surface area contributed by atoms with Crippen LogP contribution in [-0.2, 0) is 14.8 Å². The average molecular weight is 326 g/mol. The lowest BCUT2D eigenvalue weighted by Crippen LogP contribution is -2.48. The van der Waals surface area contributed by atoms with Crippen LogP contribution in [0.1, 0.15) is 16.4 Å². The molecule has 2 rings (SSSR count). The maximum absolute atomic E-state index is 11.7. The highest BCUT2D eigenvalue weighted by Crippen LogP contribution is 2.24. The molecular formula is C12H14N4O5S. The third kappa shape index (κ3) is 2.95. The Bertz CT molecular complexity index is 725. The lowest BCUT2D eigenvalue weighted by Gasteiger charge is -2.32. The summed E-state index contributed by atoms with van der Waals surface area (Å²) in [6.45, 7) is 4.32. The van der Waals surface area contributed by atoms with E-state index in [-0.39, 0.29) is 30.6 Å². The highest BCUT2D eigenvalue weighted by molar-refractivity contribution is 7.92. The standard InChI is InChI=1S/C12H14N4O5S/c1-3-22(18,19)16-6-4-15(5-7-16)11-9(8-13)14-10(21-11)12(17)20-2/h3H,1,4-7H2,2H3. The topological polar surface area (TPSA) is 117 Å². The normalized spacial score (nSPS) is 16.1. The van der Waals surface area contributed by atoms with Crippen molar-refractivity contribution in [1.29, 1.82) is 5.26 Å². The van der Waals surface area contributed by atoms with Gasteiger partial charge in [-0.1, -0.05) is 6.58 Å². The van der Waals surface area contributed by atoms with Crippen molar-refractivity contribution in [2.45, 2.75) is 0 Å². The van der Waals surface area contributed by atoms with Gasteiger partial charge in [0.05, 0.1) is 7.11 Å². The molecule has 1 fully saturated rings. The third-order valence-corrected chi connectivity index (χ3v) is 4.68. The number of nitrogens with zero attached hydrogens (tertiary/aromatic N) is 4. The fourth-order valence-electron chi connectivity index (χ4n) is 2.02. The van der Waals surface area contributed by atoms with Gasteiger partial charge in [-0.05, 0) is 0 Å². The summed E-state index contributed by atoms with van der Waals surface area (Å²) in [5.74, 6) is -0.954. The van der Waals surface area contributed by atoms with Crippen LogP contribution in [0, 0.1) is 11.3 Å². The molecular weight excluding hydrogens is 312 g/mol. The van der Waals surface area contributed by atoms with Crippen LogP contribution in [0.15, 0.2) is 16.4 Å². The van der Waals surface area contributed by atoms with Gasteiger partial charge in [0.15, 0.2) is 0 Å². The van der Waals surface area contributed by atoms with Gasteiger partial charge in [0.25, 0.3) is 0 Å². The number of ether oxygens (including phenoxy) is 1. The molecule has 1 aliphatic rings. The summed E-state index contributed by atoms with van der Waals surface area (Å²) >= 11 is 0. The number of methoxy groups -OCH3 is 1. The fourth-order valence-corrected chi connectivity index (χ4v) is 2.91. The van der Waals surface area contributed by atoms with Gasteiger partial charge in [-0.2, -0.15) is 14.6 Å². The zero-order valence-corrected chi connectivity index (χ0v) is 12.7. The minimum atomic E-state index is -3.47. The summed E-state index contributed by atoms with van der Waals surface area (Å²) in [4.78, 5) is 16.8. The van der Waals surface area contributed by atoms with Gasteiger partial charge in [-0.15, -0.1) is 0 Å². The van der Waals surface area contributed by atoms with Gasteiger partial charge in [0.2, 0.25) is 21.6 Å². The molecule has 0 N–H and O–H groups in total. The fraction of sp³-hybridized carbons (Fsp3) is 0.417. The lowest BCUT2D eigenvalue weighted by molar-refractivity contribution is 0.0556. The quantitative estimate of drug-likeness (QED) is 0.706. The summed E-state index contributed by atoms with van der Waals surface area (Å²) in [7, 11) is -2.29. The van der Waals surface area contributed by atoms with Gasteiger partial charge in [0.1, 0.15) is 6.07 Å². The summed E-state index contributed by atoms with van der Waals surface area (Å²) in [6, 6.07) is 1.84. The van der Waals surface area contributed by atoms with Crippen molar-refractivity contribution in [1.82, 2.24) is 9.29 Å². The third-order valence-electron chi connectivity index (χ3n) is 3.17. The van der Waals surface area contributed by atoms with Crippen molar-refractivity contribution in [2.24, 2.45) is 0 Å². The lowest BCUT2D eigenvalue weighted by atomic mass is 10.3. The van der Waals surface area contributed by atoms with E-state index in [1.165, 1.54) is 11.4 Å². The van der Waals surface area contributed by atoms with Crippen molar-refractivity contribution in [3.8, 4) is 6.07 Å². The Morgan fingerprint density at radius 1 is 1.45 bits per heavy atom. The average Bonchev–Trinajstić information content (AvgIpc) is 2.98. The van der Waals surface area contributed by atoms with Crippen LogP contribution >= 0.6 is 0 Å². The number of hydrogen-bond acceptors (Lipinski definition) is 8. The van der Waals surface area contributed by atoms with Crippen molar-refractivity contribution in [3.63, 3.8) is 0 Å². The van der Waals surface area contributed by atoms with E-state index < -0.39 is 16.0 Å². The van der Waals surface area contributed by atoms with Gasteiger partial charge < -0.3 is 14.1 Å². The number of piperazine rings is 1. The van der Waals surface area contributed by atoms with Gasteiger partial charge >= 0.3 is 11.9 Å². The Morgan fingerprint density at radius 2 is 2.09 bits per heavy atom. The molecule has 2 heterocycles. The minimum Gasteiger partial charge on any atom is -0.462 e. The molecule has 22 heavy (non-hydrogen) atoms. The van der Waals surface area contributed by atoms with Crippen LogP contribution in [0.2, 0.25) is 0 Å². The predicted molar refractivity (Wildman–Crippen MR) is 75.5 cm³/mol. The molecule has 0 atom stereocenters. The number of rotatable bonds is 4. The highest BCUT2D eigenvalue weighted by Gasteiger charge is 2.29. The second kappa shape index (κ2) is 6.17. The van der Waals surface area contributed by atoms with Crippen molar-refractivity contribution in [3.05, 3.63) is 23.6 Å². The number of nitriles is 1. The first-order chi connectivity index (χ1) is 10.4. The molecule has 1 saturated heterocycles. The first-order valence-electron chi connectivity index (χ1n) is 6.29. The number of esters is 1. The maximum Gasteiger partial charge on any atom is 0.394 e. The molecule has 9 nitrogen and oxygen atoms in total. The molecule has 0 aromatic carbocycles. The number of carbonyl (C=O) groups excluding carboxylic acids is 1. The Hall–Kier alpha value is -2.38. The van der Waals surface area contributed by atoms with Crippen LogP contribution in [0.25, 0.3) is 0 Å². The van der Waals surface area contributed by atoms with Crippen LogP contribution < -0.4 is 4.90 Å². The molecule has 118 valence electrons. The number of anilines is 1. The SMILES string of the molecule is C=CS(=O)(=O)N1CCN(c2oc(C(=O)OC)nc2C#N)CC1. The Kier molecular flexibility index (Phi) is 4.48. The number of sulfonamides is 1. The zero-order chi connectivity index (χ0) is 16.3. The Morgan fingerprint density at radius 3 is 2.59 bits per heavy atom. The number of aromatic nitrogens is 1. The smallest absolute Gasteiger partial charge is 0.394 e. The van der Waals surface area contributed by atoms with Crippen LogP contribution in [0.3, 0.4) is 0 Å². The molecule has 0 unspecified atom stereocenters. The molecule has 1 aromatic heterocycles. The minimum absolute atomic E-state index is 0.0413. The van der Waals surface area contributed by atoms with E-state index >= 15 is 0 Å². The Labute approximate surface area is 127 Å². The highest BCUT2D eigenvalue weighted by atomic mass is 32.2. The number of carbonyl (C=O) groups is 1. The van der Waals surface area contributed by atoms with E-state index in [1.54, 1.807) is 4.90 Å². The summed E-state index contributed by atoms with van der Waals surface area (Å²) in [5.41, 5.74) is -0.0413. The van der Waals surface area contributed by atoms with E-state index in [2.05, 4.69) is 16.3 Å². The van der Waals surface area contributed by atoms with Crippen molar-refractivity contribution >= 4 is 21.9 Å². The molecule has 0 aliphatic carbocycles. The molecule has 0 amide bonds. The monoisotopic (exact) mass is 326 g/mol. The predicted octanol–water partition coefficient (Wildman–Crippen LogP) is -0.0718. The second-order valence-electron chi connectivity index (χ2n) is 4.37. The van der Waals surface area contributed by atoms with E-state index in [9.17, 15) is 13.2 Å². The summed E-state index contributed by atoms with van der Waals surface area (Å²) in [6.07, 6.45) is 0. The van der Waals surface area contributed by atoms with Gasteiger partial charge in [-0.25, -0.2) is 13.2 Å². The first kappa shape index (κ1) is 16.0. The molecule has 10 heteroatoms. The molecule has 0 bridgehead atoms. The number of oxazole rings is 1. The molecule has 0 radical (unpaired) electrons. The molecule has 1 aromatic rings. The maximum atomic E-state index is 11.7. The van der Waals surface area contributed by atoms with Crippen molar-refractivity contribution in [2.75, 3.05) is 38.2 Å². The largest absolute Gasteiger partial charge is 0.462 e. The van der Waals surface area contributed by atoms with E-state index in [1.807, 2.05) is 6.07 Å². The Balaban J connectivity index is 2.18. The molecule has 0 saturated carbocycles. The summed E-state index contributed by atoms with van der Waals surface area (Å²) < 4.78 is 34.4. The van der Waals surface area contributed by atoms with E-state index in [4.69, 9.17) is 9.68 Å². The van der Waals surface area contributed by atoms with Crippen LogP contribution in [0.5, 0.6) is 0 Å². The first-order valence-corrected chi connectivity index (χ1v) is 7.80. The van der Waals surface area contributed by atoms with E-state index in [0.717, 1.165) is 5.41 Å². The zero-order valence-electron chi connectivity index (χ0n) is 11.9. The second-order valence-corrected chi connectivity index (χ2v) is 6.25. The van der Waals surface area contributed by atoms with Gasteiger partial charge in [-0.3, -0.25) is 0 Å². The van der Waals surface area contributed by atoms with Crippen LogP contribution in [0.4, 0.5) is 5.88 Å². The molecule has 1 aliphatic heterocycles. The molecule has 0 spiro atoms. The summed E-state index contributed by atoms with van der Waals surface area (Å²) in [5, 5.41) is 9.96. The van der Waals surface area contributed by atoms with Gasteiger partial charge in [0, 0.05) is 31.6 Å². The van der Waals surface area contributed by atoms with Crippen molar-refractivity contribution < 1.29 is 22.4 Å².